The maximum atomic E-state index is 13.3. The first-order valence-corrected chi connectivity index (χ1v) is 11.5. The van der Waals surface area contributed by atoms with Crippen LogP contribution in [0.1, 0.15) is 24.5 Å². The van der Waals surface area contributed by atoms with Gasteiger partial charge in [-0.1, -0.05) is 31.2 Å². The second-order valence-electron chi connectivity index (χ2n) is 7.75. The van der Waals surface area contributed by atoms with Gasteiger partial charge in [-0.2, -0.15) is 4.31 Å². The summed E-state index contributed by atoms with van der Waals surface area (Å²) < 4.78 is 38.5. The van der Waals surface area contributed by atoms with Crippen LogP contribution in [0.3, 0.4) is 0 Å². The molecule has 1 N–H and O–H groups in total. The van der Waals surface area contributed by atoms with Crippen molar-refractivity contribution in [2.24, 2.45) is 11.8 Å². The Bertz CT molecular complexity index is 918. The first-order chi connectivity index (χ1) is 14.3. The minimum atomic E-state index is -3.53. The summed E-state index contributed by atoms with van der Waals surface area (Å²) in [6, 6.07) is 14.8. The third kappa shape index (κ3) is 5.55. The SMILES string of the molecule is COc1ccc(CN(Cc2ccc(OC)cc2)S(=O)(=O)C[C@@H](C)C2C=C(O)C2)cc1. The molecule has 6 nitrogen and oxygen atoms in total. The van der Waals surface area contributed by atoms with E-state index < -0.39 is 10.0 Å². The van der Waals surface area contributed by atoms with Gasteiger partial charge in [-0.05, 0) is 53.3 Å². The van der Waals surface area contributed by atoms with E-state index in [1.54, 1.807) is 20.3 Å². The van der Waals surface area contributed by atoms with Crippen molar-refractivity contribution in [3.8, 4) is 11.5 Å². The van der Waals surface area contributed by atoms with Gasteiger partial charge in [-0.25, -0.2) is 8.42 Å². The van der Waals surface area contributed by atoms with Gasteiger partial charge in [0.1, 0.15) is 11.5 Å². The van der Waals surface area contributed by atoms with E-state index in [0.717, 1.165) is 22.6 Å². The van der Waals surface area contributed by atoms with Crippen LogP contribution in [0.25, 0.3) is 0 Å². The van der Waals surface area contributed by atoms with Crippen LogP contribution in [0.4, 0.5) is 0 Å². The average molecular weight is 432 g/mol. The standard InChI is InChI=1S/C23H29NO5S/c1-17(20-12-21(25)13-20)16-30(26,27)24(14-18-4-8-22(28-2)9-5-18)15-19-6-10-23(29-3)11-7-19/h4-12,17,20,25H,13-16H2,1-3H3/t17-,20?/m1/s1. The molecule has 7 heteroatoms. The molecule has 1 unspecified atom stereocenters. The summed E-state index contributed by atoms with van der Waals surface area (Å²) in [6.07, 6.45) is 2.30. The van der Waals surface area contributed by atoms with Gasteiger partial charge in [-0.15, -0.1) is 0 Å². The van der Waals surface area contributed by atoms with Gasteiger partial charge >= 0.3 is 0 Å². The molecule has 0 fully saturated rings. The van der Waals surface area contributed by atoms with Crippen LogP contribution in [0.2, 0.25) is 0 Å². The zero-order chi connectivity index (χ0) is 21.7. The van der Waals surface area contributed by atoms with Crippen molar-refractivity contribution in [2.45, 2.75) is 26.4 Å². The van der Waals surface area contributed by atoms with Gasteiger partial charge in [0.25, 0.3) is 0 Å². The fraction of sp³-hybridized carbons (Fsp3) is 0.391. The largest absolute Gasteiger partial charge is 0.513 e. The van der Waals surface area contributed by atoms with Crippen LogP contribution >= 0.6 is 0 Å². The Balaban J connectivity index is 1.80. The first kappa shape index (κ1) is 22.2. The molecule has 0 saturated carbocycles. The summed E-state index contributed by atoms with van der Waals surface area (Å²) in [4.78, 5) is 0. The number of aliphatic hydroxyl groups excluding tert-OH is 1. The van der Waals surface area contributed by atoms with Crippen molar-refractivity contribution in [3.05, 3.63) is 71.5 Å². The van der Waals surface area contributed by atoms with Crippen molar-refractivity contribution in [1.82, 2.24) is 4.31 Å². The summed E-state index contributed by atoms with van der Waals surface area (Å²) in [7, 11) is -0.327. The third-order valence-electron chi connectivity index (χ3n) is 5.49. The lowest BCUT2D eigenvalue weighted by molar-refractivity contribution is 0.284. The van der Waals surface area contributed by atoms with Crippen LogP contribution in [0.5, 0.6) is 11.5 Å². The van der Waals surface area contributed by atoms with E-state index in [1.165, 1.54) is 4.31 Å². The Morgan fingerprint density at radius 1 is 0.967 bits per heavy atom. The molecule has 2 aromatic rings. The number of benzene rings is 2. The van der Waals surface area contributed by atoms with Crippen LogP contribution in [-0.4, -0.2) is 37.8 Å². The number of allylic oxidation sites excluding steroid dienone is 2. The molecule has 0 radical (unpaired) electrons. The van der Waals surface area contributed by atoms with Gasteiger partial charge in [0.05, 0.1) is 25.7 Å². The number of ether oxygens (including phenoxy) is 2. The van der Waals surface area contributed by atoms with Gasteiger partial charge < -0.3 is 14.6 Å². The van der Waals surface area contributed by atoms with Crippen LogP contribution in [-0.2, 0) is 23.1 Å². The molecule has 1 aliphatic rings. The van der Waals surface area contributed by atoms with Crippen molar-refractivity contribution >= 4 is 10.0 Å². The smallest absolute Gasteiger partial charge is 0.214 e. The lowest BCUT2D eigenvalue weighted by atomic mass is 9.83. The molecule has 3 rings (SSSR count). The molecule has 162 valence electrons. The Morgan fingerprint density at radius 3 is 1.77 bits per heavy atom. The molecule has 0 aliphatic heterocycles. The normalized spacial score (nSPS) is 17.2. The van der Waals surface area contributed by atoms with Crippen LogP contribution < -0.4 is 9.47 Å². The summed E-state index contributed by atoms with van der Waals surface area (Å²) >= 11 is 0. The van der Waals surface area contributed by atoms with Crippen molar-refractivity contribution < 1.29 is 23.0 Å². The van der Waals surface area contributed by atoms with Crippen molar-refractivity contribution in [2.75, 3.05) is 20.0 Å². The molecular formula is C23H29NO5S. The van der Waals surface area contributed by atoms with E-state index in [9.17, 15) is 13.5 Å². The van der Waals surface area contributed by atoms with Crippen molar-refractivity contribution in [1.29, 1.82) is 0 Å². The Labute approximate surface area is 178 Å². The first-order valence-electron chi connectivity index (χ1n) is 9.94. The molecule has 1 aliphatic carbocycles. The quantitative estimate of drug-likeness (QED) is 0.612. The van der Waals surface area contributed by atoms with Crippen molar-refractivity contribution in [3.63, 3.8) is 0 Å². The highest BCUT2D eigenvalue weighted by molar-refractivity contribution is 7.89. The van der Waals surface area contributed by atoms with E-state index in [-0.39, 0.29) is 30.7 Å². The summed E-state index contributed by atoms with van der Waals surface area (Å²) in [6.45, 7) is 2.47. The summed E-state index contributed by atoms with van der Waals surface area (Å²) in [5, 5.41) is 9.43. The zero-order valence-electron chi connectivity index (χ0n) is 17.6. The highest BCUT2D eigenvalue weighted by Crippen LogP contribution is 2.32. The van der Waals surface area contributed by atoms with E-state index in [2.05, 4.69) is 0 Å². The number of sulfonamides is 1. The van der Waals surface area contributed by atoms with Crippen LogP contribution in [0, 0.1) is 11.8 Å². The van der Waals surface area contributed by atoms with E-state index >= 15 is 0 Å². The van der Waals surface area contributed by atoms with Gasteiger partial charge in [-0.3, -0.25) is 0 Å². The number of nitrogens with zero attached hydrogens (tertiary/aromatic N) is 1. The molecule has 2 atom stereocenters. The third-order valence-corrected chi connectivity index (χ3v) is 7.48. The maximum absolute atomic E-state index is 13.3. The van der Waals surface area contributed by atoms with Crippen LogP contribution in [0.15, 0.2) is 60.4 Å². The molecular weight excluding hydrogens is 402 g/mol. The van der Waals surface area contributed by atoms with E-state index in [0.29, 0.717) is 12.2 Å². The van der Waals surface area contributed by atoms with Gasteiger partial charge in [0.2, 0.25) is 10.0 Å². The minimum Gasteiger partial charge on any atom is -0.513 e. The number of rotatable bonds is 10. The molecule has 0 amide bonds. The summed E-state index contributed by atoms with van der Waals surface area (Å²) in [5.74, 6) is 1.87. The molecule has 0 spiro atoms. The number of methoxy groups -OCH3 is 2. The summed E-state index contributed by atoms with van der Waals surface area (Å²) in [5.41, 5.74) is 1.78. The fourth-order valence-corrected chi connectivity index (χ4v) is 5.32. The van der Waals surface area contributed by atoms with Gasteiger partial charge in [0, 0.05) is 19.5 Å². The predicted octanol–water partition coefficient (Wildman–Crippen LogP) is 4.13. The number of hydrogen-bond acceptors (Lipinski definition) is 5. The molecule has 0 saturated heterocycles. The molecule has 0 bridgehead atoms. The predicted molar refractivity (Wildman–Crippen MR) is 117 cm³/mol. The highest BCUT2D eigenvalue weighted by atomic mass is 32.2. The minimum absolute atomic E-state index is 0.0355. The number of aliphatic hydroxyl groups is 1. The monoisotopic (exact) mass is 431 g/mol. The molecule has 30 heavy (non-hydrogen) atoms. The Morgan fingerprint density at radius 2 is 1.40 bits per heavy atom. The second kappa shape index (κ2) is 9.53. The van der Waals surface area contributed by atoms with Gasteiger partial charge in [0.15, 0.2) is 0 Å². The lowest BCUT2D eigenvalue weighted by Gasteiger charge is -2.30. The Kier molecular flexibility index (Phi) is 7.05. The molecule has 0 aromatic heterocycles. The number of hydrogen-bond donors (Lipinski definition) is 1. The maximum Gasteiger partial charge on any atom is 0.214 e. The lowest BCUT2D eigenvalue weighted by Crippen LogP contribution is -2.36. The van der Waals surface area contributed by atoms with E-state index in [4.69, 9.17) is 9.47 Å². The average Bonchev–Trinajstić information content (AvgIpc) is 2.71. The fourth-order valence-electron chi connectivity index (χ4n) is 3.50. The second-order valence-corrected chi connectivity index (χ2v) is 9.76. The highest BCUT2D eigenvalue weighted by Gasteiger charge is 2.31. The topological polar surface area (TPSA) is 76.1 Å². The Hall–Kier alpha value is -2.51. The molecule has 2 aromatic carbocycles. The van der Waals surface area contributed by atoms with E-state index in [1.807, 2.05) is 55.5 Å². The zero-order valence-corrected chi connectivity index (χ0v) is 18.4. The molecule has 0 heterocycles.